The molecule has 0 saturated carbocycles. The van der Waals surface area contributed by atoms with Gasteiger partial charge in [0.15, 0.2) is 5.16 Å². The predicted molar refractivity (Wildman–Crippen MR) is 84.5 cm³/mol. The minimum absolute atomic E-state index is 0.348. The Labute approximate surface area is 129 Å². The van der Waals surface area contributed by atoms with Crippen LogP contribution < -0.4 is 9.80 Å². The molecular weight excluding hydrogens is 288 g/mol. The minimum atomic E-state index is 0.348. The van der Waals surface area contributed by atoms with E-state index in [1.807, 2.05) is 6.26 Å². The van der Waals surface area contributed by atoms with Crippen molar-refractivity contribution in [1.82, 2.24) is 9.97 Å². The van der Waals surface area contributed by atoms with Crippen molar-refractivity contribution in [3.8, 4) is 0 Å². The summed E-state index contributed by atoms with van der Waals surface area (Å²) >= 11 is 1.59. The molecule has 2 saturated heterocycles. The van der Waals surface area contributed by atoms with Gasteiger partial charge in [0, 0.05) is 25.7 Å². The summed E-state index contributed by atoms with van der Waals surface area (Å²) in [5, 5.41) is 0.827. The number of morpholine rings is 2. The fourth-order valence-corrected chi connectivity index (χ4v) is 3.03. The van der Waals surface area contributed by atoms with Gasteiger partial charge in [-0.15, -0.1) is 0 Å². The van der Waals surface area contributed by atoms with Crippen molar-refractivity contribution in [1.29, 1.82) is 0 Å². The molecule has 2 aliphatic rings. The quantitative estimate of drug-likeness (QED) is 0.615. The molecule has 0 aliphatic carbocycles. The van der Waals surface area contributed by atoms with Gasteiger partial charge in [0.2, 0.25) is 0 Å². The predicted octanol–water partition coefficient (Wildman–Crippen LogP) is 1.26. The minimum Gasteiger partial charge on any atom is -0.378 e. The van der Waals surface area contributed by atoms with E-state index in [2.05, 4.69) is 32.8 Å². The van der Waals surface area contributed by atoms with Crippen molar-refractivity contribution in [2.75, 3.05) is 62.1 Å². The van der Waals surface area contributed by atoms with Crippen LogP contribution in [0.3, 0.4) is 0 Å². The van der Waals surface area contributed by atoms with Crippen LogP contribution in [0.5, 0.6) is 0 Å². The lowest BCUT2D eigenvalue weighted by Crippen LogP contribution is -2.44. The maximum absolute atomic E-state index is 5.52. The van der Waals surface area contributed by atoms with Crippen molar-refractivity contribution in [3.05, 3.63) is 6.07 Å². The summed E-state index contributed by atoms with van der Waals surface area (Å²) in [6.45, 7) is 7.89. The Hall–Kier alpha value is -1.05. The van der Waals surface area contributed by atoms with Crippen molar-refractivity contribution in [2.45, 2.75) is 18.1 Å². The van der Waals surface area contributed by atoms with Gasteiger partial charge in [0.05, 0.1) is 32.5 Å². The van der Waals surface area contributed by atoms with Gasteiger partial charge in [-0.05, 0) is 13.2 Å². The Morgan fingerprint density at radius 2 is 1.81 bits per heavy atom. The molecule has 1 atom stereocenters. The summed E-state index contributed by atoms with van der Waals surface area (Å²) in [5.74, 6) is 2.01. The molecule has 21 heavy (non-hydrogen) atoms. The second kappa shape index (κ2) is 6.81. The first kappa shape index (κ1) is 14.9. The number of hydrogen-bond acceptors (Lipinski definition) is 7. The molecule has 2 fully saturated rings. The van der Waals surface area contributed by atoms with Gasteiger partial charge in [-0.3, -0.25) is 0 Å². The van der Waals surface area contributed by atoms with Gasteiger partial charge in [-0.1, -0.05) is 11.8 Å². The molecule has 0 aromatic carbocycles. The lowest BCUT2D eigenvalue weighted by Gasteiger charge is -2.35. The van der Waals surface area contributed by atoms with E-state index < -0.39 is 0 Å². The maximum Gasteiger partial charge on any atom is 0.191 e. The highest BCUT2D eigenvalue weighted by atomic mass is 32.2. The van der Waals surface area contributed by atoms with Gasteiger partial charge in [0.1, 0.15) is 11.6 Å². The van der Waals surface area contributed by atoms with Crippen molar-refractivity contribution >= 4 is 23.4 Å². The van der Waals surface area contributed by atoms with Crippen LogP contribution in [0.25, 0.3) is 0 Å². The molecule has 2 aliphatic heterocycles. The third kappa shape index (κ3) is 3.41. The molecule has 6 nitrogen and oxygen atoms in total. The van der Waals surface area contributed by atoms with Crippen molar-refractivity contribution in [2.24, 2.45) is 0 Å². The zero-order valence-electron chi connectivity index (χ0n) is 12.6. The smallest absolute Gasteiger partial charge is 0.191 e. The van der Waals surface area contributed by atoms with E-state index in [0.717, 1.165) is 62.9 Å². The third-order valence-electron chi connectivity index (χ3n) is 3.86. The molecule has 116 valence electrons. The van der Waals surface area contributed by atoms with E-state index in [1.54, 1.807) is 11.8 Å². The van der Waals surface area contributed by atoms with E-state index in [0.29, 0.717) is 6.04 Å². The summed E-state index contributed by atoms with van der Waals surface area (Å²) in [7, 11) is 0. The van der Waals surface area contributed by atoms with E-state index in [-0.39, 0.29) is 0 Å². The SMILES string of the molecule is CSc1nc(N2CCOCC2)cc(N2CCOC[C@H]2C)n1. The Morgan fingerprint density at radius 3 is 2.52 bits per heavy atom. The van der Waals surface area contributed by atoms with Crippen LogP contribution >= 0.6 is 11.8 Å². The largest absolute Gasteiger partial charge is 0.378 e. The normalized spacial score (nSPS) is 23.4. The molecule has 0 radical (unpaired) electrons. The molecule has 0 bridgehead atoms. The Morgan fingerprint density at radius 1 is 1.10 bits per heavy atom. The Balaban J connectivity index is 1.88. The summed E-state index contributed by atoms with van der Waals surface area (Å²) < 4.78 is 10.9. The average molecular weight is 310 g/mol. The summed E-state index contributed by atoms with van der Waals surface area (Å²) in [6, 6.07) is 2.45. The van der Waals surface area contributed by atoms with Crippen molar-refractivity contribution < 1.29 is 9.47 Å². The Kier molecular flexibility index (Phi) is 4.82. The summed E-state index contributed by atoms with van der Waals surface area (Å²) in [4.78, 5) is 13.9. The van der Waals surface area contributed by atoms with E-state index in [1.165, 1.54) is 0 Å². The standard InChI is InChI=1S/C14H22N4O2S/c1-11-10-20-8-5-18(11)13-9-12(15-14(16-13)21-2)17-3-6-19-7-4-17/h9,11H,3-8,10H2,1-2H3/t11-/m1/s1. The average Bonchev–Trinajstić information content (AvgIpc) is 2.55. The summed E-state index contributed by atoms with van der Waals surface area (Å²) in [6.07, 6.45) is 2.02. The number of ether oxygens (including phenoxy) is 2. The Bertz CT molecular complexity index is 482. The van der Waals surface area contributed by atoms with Crippen LogP contribution in [-0.2, 0) is 9.47 Å². The van der Waals surface area contributed by atoms with Crippen LogP contribution in [0.1, 0.15) is 6.92 Å². The third-order valence-corrected chi connectivity index (χ3v) is 4.41. The molecule has 7 heteroatoms. The number of anilines is 2. The number of thioether (sulfide) groups is 1. The molecule has 1 aromatic rings. The monoisotopic (exact) mass is 310 g/mol. The fourth-order valence-electron chi connectivity index (χ4n) is 2.66. The van der Waals surface area contributed by atoms with Crippen LogP contribution in [0, 0.1) is 0 Å². The number of aromatic nitrogens is 2. The van der Waals surface area contributed by atoms with Crippen LogP contribution in [0.2, 0.25) is 0 Å². The topological polar surface area (TPSA) is 50.7 Å². The number of rotatable bonds is 3. The van der Waals surface area contributed by atoms with Gasteiger partial charge in [-0.25, -0.2) is 9.97 Å². The molecule has 0 unspecified atom stereocenters. The molecular formula is C14H22N4O2S. The first-order chi connectivity index (χ1) is 10.3. The van der Waals surface area contributed by atoms with Crippen LogP contribution in [0.4, 0.5) is 11.6 Å². The van der Waals surface area contributed by atoms with Gasteiger partial charge in [-0.2, -0.15) is 0 Å². The number of nitrogens with zero attached hydrogens (tertiary/aromatic N) is 4. The maximum atomic E-state index is 5.52. The van der Waals surface area contributed by atoms with E-state index in [4.69, 9.17) is 9.47 Å². The summed E-state index contributed by atoms with van der Waals surface area (Å²) in [5.41, 5.74) is 0. The van der Waals surface area contributed by atoms with E-state index in [9.17, 15) is 0 Å². The van der Waals surface area contributed by atoms with Gasteiger partial charge >= 0.3 is 0 Å². The first-order valence-electron chi connectivity index (χ1n) is 7.38. The van der Waals surface area contributed by atoms with Crippen molar-refractivity contribution in [3.63, 3.8) is 0 Å². The molecule has 3 rings (SSSR count). The van der Waals surface area contributed by atoms with Crippen LogP contribution in [-0.4, -0.2) is 68.3 Å². The van der Waals surface area contributed by atoms with Gasteiger partial charge in [0.25, 0.3) is 0 Å². The molecule has 1 aromatic heterocycles. The lowest BCUT2D eigenvalue weighted by atomic mass is 10.2. The first-order valence-corrected chi connectivity index (χ1v) is 8.60. The second-order valence-corrected chi connectivity index (χ2v) is 6.06. The highest BCUT2D eigenvalue weighted by Gasteiger charge is 2.23. The zero-order valence-corrected chi connectivity index (χ0v) is 13.4. The highest BCUT2D eigenvalue weighted by Crippen LogP contribution is 2.25. The second-order valence-electron chi connectivity index (χ2n) is 5.29. The van der Waals surface area contributed by atoms with Crippen LogP contribution in [0.15, 0.2) is 11.2 Å². The molecule has 0 N–H and O–H groups in total. The van der Waals surface area contributed by atoms with Gasteiger partial charge < -0.3 is 19.3 Å². The van der Waals surface area contributed by atoms with E-state index >= 15 is 0 Å². The lowest BCUT2D eigenvalue weighted by molar-refractivity contribution is 0.0984. The highest BCUT2D eigenvalue weighted by molar-refractivity contribution is 7.98. The fraction of sp³-hybridized carbons (Fsp3) is 0.714. The number of hydrogen-bond donors (Lipinski definition) is 0. The zero-order chi connectivity index (χ0) is 14.7. The molecule has 3 heterocycles. The molecule has 0 amide bonds. The molecule has 0 spiro atoms.